The fourth-order valence-corrected chi connectivity index (χ4v) is 4.24. The van der Waals surface area contributed by atoms with Crippen LogP contribution in [-0.4, -0.2) is 42.4 Å². The van der Waals surface area contributed by atoms with Crippen molar-refractivity contribution in [1.82, 2.24) is 4.90 Å². The molecule has 33 heavy (non-hydrogen) atoms. The van der Waals surface area contributed by atoms with E-state index in [9.17, 15) is 14.4 Å². The Morgan fingerprint density at radius 1 is 0.970 bits per heavy atom. The minimum Gasteiger partial charge on any atom is -0.463 e. The minimum atomic E-state index is -0.379. The average molecular weight is 451 g/mol. The molecule has 0 unspecified atom stereocenters. The van der Waals surface area contributed by atoms with Gasteiger partial charge in [0.25, 0.3) is 11.8 Å². The lowest BCUT2D eigenvalue weighted by atomic mass is 9.92. The molecule has 176 valence electrons. The number of hydrogen-bond donors (Lipinski definition) is 1. The first kappa shape index (κ1) is 24.5. The predicted molar refractivity (Wildman–Crippen MR) is 132 cm³/mol. The summed E-state index contributed by atoms with van der Waals surface area (Å²) in [5.74, 6) is -0.760. The summed E-state index contributed by atoms with van der Waals surface area (Å²) >= 11 is 0. The molecule has 6 heteroatoms. The van der Waals surface area contributed by atoms with Gasteiger partial charge < -0.3 is 10.1 Å². The molecule has 1 aliphatic heterocycles. The maximum absolute atomic E-state index is 13.1. The van der Waals surface area contributed by atoms with Crippen molar-refractivity contribution in [3.8, 4) is 0 Å². The number of nitrogens with one attached hydrogen (secondary N) is 1. The second-order valence-electron chi connectivity index (χ2n) is 8.42. The summed E-state index contributed by atoms with van der Waals surface area (Å²) < 4.78 is 4.98. The van der Waals surface area contributed by atoms with E-state index in [0.717, 1.165) is 74.4 Å². The minimum absolute atomic E-state index is 0.191. The zero-order chi connectivity index (χ0) is 23.6. The van der Waals surface area contributed by atoms with Crippen molar-refractivity contribution >= 4 is 34.2 Å². The van der Waals surface area contributed by atoms with Gasteiger partial charge in [-0.05, 0) is 43.9 Å². The van der Waals surface area contributed by atoms with E-state index in [1.54, 1.807) is 0 Å². The Labute approximate surface area is 196 Å². The number of esters is 1. The molecule has 6 nitrogen and oxygen atoms in total. The molecular formula is C27H34N2O4. The molecule has 2 aromatic carbocycles. The van der Waals surface area contributed by atoms with Gasteiger partial charge in [-0.25, -0.2) is 4.79 Å². The number of anilines is 1. The van der Waals surface area contributed by atoms with E-state index in [-0.39, 0.29) is 17.8 Å². The number of carbonyl (C=O) groups is 3. The van der Waals surface area contributed by atoms with E-state index in [4.69, 9.17) is 4.74 Å². The van der Waals surface area contributed by atoms with E-state index in [1.807, 2.05) is 30.3 Å². The van der Waals surface area contributed by atoms with E-state index in [0.29, 0.717) is 24.3 Å². The Morgan fingerprint density at radius 2 is 1.70 bits per heavy atom. The van der Waals surface area contributed by atoms with Crippen LogP contribution in [0.15, 0.2) is 43.0 Å². The zero-order valence-electron chi connectivity index (χ0n) is 19.5. The van der Waals surface area contributed by atoms with E-state index >= 15 is 0 Å². The van der Waals surface area contributed by atoms with Gasteiger partial charge in [-0.15, -0.1) is 0 Å². The first-order valence-corrected chi connectivity index (χ1v) is 12.0. The van der Waals surface area contributed by atoms with Crippen molar-refractivity contribution in [2.45, 2.75) is 58.3 Å². The van der Waals surface area contributed by atoms with Crippen LogP contribution in [0.25, 0.3) is 10.8 Å². The van der Waals surface area contributed by atoms with Crippen molar-refractivity contribution in [2.24, 2.45) is 0 Å². The third kappa shape index (κ3) is 6.01. The predicted octanol–water partition coefficient (Wildman–Crippen LogP) is 5.72. The monoisotopic (exact) mass is 450 g/mol. The van der Waals surface area contributed by atoms with Crippen LogP contribution < -0.4 is 5.32 Å². The van der Waals surface area contributed by atoms with Crippen molar-refractivity contribution < 1.29 is 19.1 Å². The molecule has 0 spiro atoms. The summed E-state index contributed by atoms with van der Waals surface area (Å²) in [6, 6.07) is 9.47. The number of carbonyl (C=O) groups excluding carboxylic acids is 3. The van der Waals surface area contributed by atoms with Crippen LogP contribution >= 0.6 is 0 Å². The zero-order valence-corrected chi connectivity index (χ0v) is 19.5. The molecule has 0 saturated heterocycles. The summed E-state index contributed by atoms with van der Waals surface area (Å²) in [4.78, 5) is 38.6. The van der Waals surface area contributed by atoms with Gasteiger partial charge in [-0.1, -0.05) is 51.3 Å². The molecule has 1 heterocycles. The number of hydrogen-bond acceptors (Lipinski definition) is 5. The van der Waals surface area contributed by atoms with Crippen LogP contribution in [0.4, 0.5) is 5.69 Å². The second kappa shape index (κ2) is 12.2. The van der Waals surface area contributed by atoms with Gasteiger partial charge in [0.05, 0.1) is 6.61 Å². The van der Waals surface area contributed by atoms with Gasteiger partial charge in [-0.3, -0.25) is 14.5 Å². The molecule has 0 saturated carbocycles. The smallest absolute Gasteiger partial charge is 0.330 e. The van der Waals surface area contributed by atoms with Gasteiger partial charge in [0.1, 0.15) is 0 Å². The maximum Gasteiger partial charge on any atom is 0.330 e. The Morgan fingerprint density at radius 3 is 2.45 bits per heavy atom. The SMILES string of the molecule is C=CC(=O)OCCCCCCNc1ccc2c3c(cccc13)C(=O)N(CCCCCC)C2=O. The number of benzene rings is 2. The van der Waals surface area contributed by atoms with Crippen molar-refractivity contribution in [3.05, 3.63) is 54.1 Å². The molecule has 2 amide bonds. The van der Waals surface area contributed by atoms with Crippen LogP contribution in [0.1, 0.15) is 79.0 Å². The highest BCUT2D eigenvalue weighted by molar-refractivity contribution is 6.26. The van der Waals surface area contributed by atoms with Crippen molar-refractivity contribution in [3.63, 3.8) is 0 Å². The van der Waals surface area contributed by atoms with Gasteiger partial charge in [0, 0.05) is 46.8 Å². The lowest BCUT2D eigenvalue weighted by Crippen LogP contribution is -2.40. The van der Waals surface area contributed by atoms with Crippen LogP contribution in [0, 0.1) is 0 Å². The highest BCUT2D eigenvalue weighted by atomic mass is 16.5. The Bertz CT molecular complexity index is 992. The normalized spacial score (nSPS) is 12.8. The Hall–Kier alpha value is -3.15. The molecule has 0 aromatic heterocycles. The first-order chi connectivity index (χ1) is 16.1. The summed E-state index contributed by atoms with van der Waals surface area (Å²) in [5.41, 5.74) is 2.15. The Kier molecular flexibility index (Phi) is 9.04. The highest BCUT2D eigenvalue weighted by Gasteiger charge is 2.32. The van der Waals surface area contributed by atoms with E-state index in [2.05, 4.69) is 18.8 Å². The molecule has 0 fully saturated rings. The number of ether oxygens (including phenoxy) is 1. The maximum atomic E-state index is 13.1. The van der Waals surface area contributed by atoms with Gasteiger partial charge in [0.15, 0.2) is 0 Å². The molecule has 0 radical (unpaired) electrons. The van der Waals surface area contributed by atoms with E-state index < -0.39 is 0 Å². The van der Waals surface area contributed by atoms with Gasteiger partial charge >= 0.3 is 5.97 Å². The molecule has 0 atom stereocenters. The number of rotatable bonds is 14. The van der Waals surface area contributed by atoms with Crippen LogP contribution in [0.5, 0.6) is 0 Å². The lowest BCUT2D eigenvalue weighted by molar-refractivity contribution is -0.137. The fraction of sp³-hybridized carbons (Fsp3) is 0.444. The molecule has 0 aliphatic carbocycles. The lowest BCUT2D eigenvalue weighted by Gasteiger charge is -2.28. The largest absolute Gasteiger partial charge is 0.463 e. The summed E-state index contributed by atoms with van der Waals surface area (Å²) in [6.45, 7) is 7.20. The summed E-state index contributed by atoms with van der Waals surface area (Å²) in [6.07, 6.45) is 9.07. The number of nitrogens with zero attached hydrogens (tertiary/aromatic N) is 1. The molecule has 1 aliphatic rings. The van der Waals surface area contributed by atoms with Gasteiger partial charge in [-0.2, -0.15) is 0 Å². The average Bonchev–Trinajstić information content (AvgIpc) is 2.83. The van der Waals surface area contributed by atoms with Crippen LogP contribution in [0.2, 0.25) is 0 Å². The van der Waals surface area contributed by atoms with Crippen LogP contribution in [-0.2, 0) is 9.53 Å². The third-order valence-electron chi connectivity index (χ3n) is 6.02. The van der Waals surface area contributed by atoms with Crippen LogP contribution in [0.3, 0.4) is 0 Å². The summed E-state index contributed by atoms with van der Waals surface area (Å²) in [5, 5.41) is 5.13. The fourth-order valence-electron chi connectivity index (χ4n) is 4.24. The molecule has 0 bridgehead atoms. The molecular weight excluding hydrogens is 416 g/mol. The molecule has 2 aromatic rings. The molecule has 3 rings (SSSR count). The van der Waals surface area contributed by atoms with Crippen molar-refractivity contribution in [1.29, 1.82) is 0 Å². The third-order valence-corrected chi connectivity index (χ3v) is 6.02. The van der Waals surface area contributed by atoms with E-state index in [1.165, 1.54) is 11.0 Å². The topological polar surface area (TPSA) is 75.7 Å². The molecule has 1 N–H and O–H groups in total. The second-order valence-corrected chi connectivity index (χ2v) is 8.42. The highest BCUT2D eigenvalue weighted by Crippen LogP contribution is 2.34. The first-order valence-electron chi connectivity index (χ1n) is 12.0. The number of amides is 2. The summed E-state index contributed by atoms with van der Waals surface area (Å²) in [7, 11) is 0. The standard InChI is InChI=1S/C27H34N2O4/c1-3-5-6-10-18-29-26(31)21-14-12-13-20-23(16-15-22(25(20)21)27(29)32)28-17-9-7-8-11-19-33-24(30)4-2/h4,12-16,28H,2-3,5-11,17-19H2,1H3. The quantitative estimate of drug-likeness (QED) is 0.172. The Balaban J connectivity index is 1.60. The number of unbranched alkanes of at least 4 members (excludes halogenated alkanes) is 6. The van der Waals surface area contributed by atoms with Crippen molar-refractivity contribution in [2.75, 3.05) is 25.0 Å². The number of imide groups is 1. The van der Waals surface area contributed by atoms with Gasteiger partial charge in [0.2, 0.25) is 0 Å².